The van der Waals surface area contributed by atoms with E-state index < -0.39 is 11.9 Å². The number of hydrogen-bond donors (Lipinski definition) is 0. The largest absolute Gasteiger partial charge is 0.461 e. The fourth-order valence-corrected chi connectivity index (χ4v) is 3.46. The molecule has 3 aromatic carbocycles. The molecule has 2 atom stereocenters. The number of nitrogens with zero attached hydrogens (tertiary/aromatic N) is 2. The van der Waals surface area contributed by atoms with Crippen molar-refractivity contribution < 1.29 is 19.1 Å². The molecule has 0 aliphatic heterocycles. The number of rotatable bonds is 10. The molecule has 0 unspecified atom stereocenters. The first-order valence-electron chi connectivity index (χ1n) is 11.9. The summed E-state index contributed by atoms with van der Waals surface area (Å²) in [6, 6.07) is 26.6. The highest BCUT2D eigenvalue weighted by molar-refractivity contribution is 5.91. The van der Waals surface area contributed by atoms with Crippen LogP contribution in [0.3, 0.4) is 0 Å². The van der Waals surface area contributed by atoms with Crippen LogP contribution in [-0.4, -0.2) is 25.2 Å². The maximum atomic E-state index is 12.2. The molecule has 0 fully saturated rings. The molecular weight excluding hydrogens is 452 g/mol. The fourth-order valence-electron chi connectivity index (χ4n) is 3.46. The first-order valence-corrected chi connectivity index (χ1v) is 11.9. The van der Waals surface area contributed by atoms with Crippen LogP contribution in [0.5, 0.6) is 0 Å². The van der Waals surface area contributed by atoms with Crippen LogP contribution in [0.4, 0.5) is 0 Å². The number of esters is 2. The van der Waals surface area contributed by atoms with E-state index in [2.05, 4.69) is 12.1 Å². The van der Waals surface area contributed by atoms with Gasteiger partial charge in [-0.15, -0.1) is 0 Å². The van der Waals surface area contributed by atoms with Crippen molar-refractivity contribution >= 4 is 11.9 Å². The van der Waals surface area contributed by atoms with Gasteiger partial charge in [0.1, 0.15) is 13.2 Å². The zero-order chi connectivity index (χ0) is 25.9. The quantitative estimate of drug-likeness (QED) is 0.310. The predicted molar refractivity (Wildman–Crippen MR) is 137 cm³/mol. The molecule has 0 saturated heterocycles. The molecule has 0 radical (unpaired) electrons. The molecular formula is C30H28N2O4. The average Bonchev–Trinajstić information content (AvgIpc) is 2.94. The van der Waals surface area contributed by atoms with Crippen molar-refractivity contribution in [3.8, 4) is 34.4 Å². The number of carbonyl (C=O) groups is 2. The van der Waals surface area contributed by atoms with Crippen LogP contribution in [0.1, 0.15) is 47.4 Å². The molecule has 0 bridgehead atoms. The Labute approximate surface area is 211 Å². The summed E-state index contributed by atoms with van der Waals surface area (Å²) in [6.45, 7) is 3.96. The second-order valence-electron chi connectivity index (χ2n) is 8.40. The third kappa shape index (κ3) is 6.81. The molecule has 0 aromatic heterocycles. The minimum Gasteiger partial charge on any atom is -0.461 e. The van der Waals surface area contributed by atoms with Crippen LogP contribution in [0.15, 0.2) is 72.8 Å². The minimum absolute atomic E-state index is 0.0950. The van der Waals surface area contributed by atoms with Crippen molar-refractivity contribution in [1.82, 2.24) is 0 Å². The van der Waals surface area contributed by atoms with E-state index in [1.54, 1.807) is 24.3 Å². The highest BCUT2D eigenvalue weighted by Gasteiger charge is 2.13. The maximum Gasteiger partial charge on any atom is 0.338 e. The van der Waals surface area contributed by atoms with E-state index in [-0.39, 0.29) is 25.0 Å². The topological polar surface area (TPSA) is 100 Å². The molecule has 6 nitrogen and oxygen atoms in total. The number of hydrogen-bond acceptors (Lipinski definition) is 6. The smallest absolute Gasteiger partial charge is 0.338 e. The SMILES string of the molecule is CC[C@H](C#N)COC(=O)c1ccc(-c2ccc(-c3ccc(C(=O)OC[C@@H](C#N)CC)cc3)cc2)cc1. The Morgan fingerprint density at radius 1 is 0.611 bits per heavy atom. The van der Waals surface area contributed by atoms with Crippen LogP contribution in [0.2, 0.25) is 0 Å². The predicted octanol–water partition coefficient (Wildman–Crippen LogP) is 6.43. The van der Waals surface area contributed by atoms with E-state index in [9.17, 15) is 9.59 Å². The molecule has 0 spiro atoms. The molecule has 0 heterocycles. The molecule has 0 saturated carbocycles. The van der Waals surface area contributed by atoms with Gasteiger partial charge in [-0.3, -0.25) is 0 Å². The molecule has 6 heteroatoms. The third-order valence-corrected chi connectivity index (χ3v) is 5.97. The van der Waals surface area contributed by atoms with Gasteiger partial charge in [0.2, 0.25) is 0 Å². The zero-order valence-electron chi connectivity index (χ0n) is 20.4. The van der Waals surface area contributed by atoms with Crippen LogP contribution >= 0.6 is 0 Å². The van der Waals surface area contributed by atoms with Gasteiger partial charge in [0.05, 0.1) is 35.1 Å². The lowest BCUT2D eigenvalue weighted by molar-refractivity contribution is 0.0457. The van der Waals surface area contributed by atoms with Crippen LogP contribution < -0.4 is 0 Å². The van der Waals surface area contributed by atoms with E-state index in [0.717, 1.165) is 22.3 Å². The van der Waals surface area contributed by atoms with Gasteiger partial charge in [0.15, 0.2) is 0 Å². The maximum absolute atomic E-state index is 12.2. The standard InChI is InChI=1S/C30H28N2O4/c1-3-21(17-31)19-35-29(33)27-13-9-25(10-14-27)23-5-7-24(8-6-23)26-11-15-28(16-12-26)30(34)36-20-22(4-2)18-32/h5-16,21-22H,3-4,19-20H2,1-2H3/t21-,22-/m1/s1. The van der Waals surface area contributed by atoms with Gasteiger partial charge >= 0.3 is 11.9 Å². The highest BCUT2D eigenvalue weighted by Crippen LogP contribution is 2.26. The summed E-state index contributed by atoms with van der Waals surface area (Å²) in [6.07, 6.45) is 1.27. The molecule has 0 N–H and O–H groups in total. The van der Waals surface area contributed by atoms with Gasteiger partial charge in [0, 0.05) is 0 Å². The average molecular weight is 481 g/mol. The number of benzene rings is 3. The van der Waals surface area contributed by atoms with Gasteiger partial charge in [-0.05, 0) is 59.4 Å². The third-order valence-electron chi connectivity index (χ3n) is 5.97. The second-order valence-corrected chi connectivity index (χ2v) is 8.40. The Bertz CT molecular complexity index is 1150. The van der Waals surface area contributed by atoms with E-state index in [1.807, 2.05) is 62.4 Å². The Kier molecular flexibility index (Phi) is 9.37. The number of ether oxygens (including phenoxy) is 2. The van der Waals surface area contributed by atoms with Gasteiger partial charge in [-0.2, -0.15) is 10.5 Å². The van der Waals surface area contributed by atoms with Crippen molar-refractivity contribution in [3.63, 3.8) is 0 Å². The van der Waals surface area contributed by atoms with Gasteiger partial charge in [0.25, 0.3) is 0 Å². The molecule has 3 rings (SSSR count). The summed E-state index contributed by atoms with van der Waals surface area (Å²) in [7, 11) is 0. The van der Waals surface area contributed by atoms with Gasteiger partial charge in [-0.25, -0.2) is 9.59 Å². The number of nitriles is 2. The lowest BCUT2D eigenvalue weighted by Gasteiger charge is -2.09. The molecule has 0 aliphatic carbocycles. The summed E-state index contributed by atoms with van der Waals surface area (Å²) >= 11 is 0. The number of carbonyl (C=O) groups excluding carboxylic acids is 2. The Hall–Kier alpha value is -4.42. The van der Waals surface area contributed by atoms with Crippen LogP contribution in [0.25, 0.3) is 22.3 Å². The van der Waals surface area contributed by atoms with Crippen LogP contribution in [-0.2, 0) is 9.47 Å². The van der Waals surface area contributed by atoms with Crippen molar-refractivity contribution in [3.05, 3.63) is 83.9 Å². The Morgan fingerprint density at radius 2 is 0.889 bits per heavy atom. The summed E-state index contributed by atoms with van der Waals surface area (Å²) in [4.78, 5) is 24.4. The molecule has 36 heavy (non-hydrogen) atoms. The highest BCUT2D eigenvalue weighted by atomic mass is 16.5. The zero-order valence-corrected chi connectivity index (χ0v) is 20.4. The normalized spacial score (nSPS) is 12.0. The summed E-state index contributed by atoms with van der Waals surface area (Å²) in [5, 5.41) is 18.0. The minimum atomic E-state index is -0.437. The summed E-state index contributed by atoms with van der Waals surface area (Å²) < 4.78 is 10.5. The van der Waals surface area contributed by atoms with Gasteiger partial charge < -0.3 is 9.47 Å². The van der Waals surface area contributed by atoms with Crippen molar-refractivity contribution in [2.75, 3.05) is 13.2 Å². The molecule has 0 amide bonds. The Balaban J connectivity index is 1.62. The van der Waals surface area contributed by atoms with E-state index in [0.29, 0.717) is 24.0 Å². The molecule has 3 aromatic rings. The van der Waals surface area contributed by atoms with Crippen molar-refractivity contribution in [2.24, 2.45) is 11.8 Å². The van der Waals surface area contributed by atoms with E-state index in [4.69, 9.17) is 20.0 Å². The lowest BCUT2D eigenvalue weighted by Crippen LogP contribution is -2.12. The van der Waals surface area contributed by atoms with Crippen molar-refractivity contribution in [1.29, 1.82) is 10.5 Å². The molecule has 182 valence electrons. The van der Waals surface area contributed by atoms with Crippen molar-refractivity contribution in [2.45, 2.75) is 26.7 Å². The molecule has 0 aliphatic rings. The van der Waals surface area contributed by atoms with Gasteiger partial charge in [-0.1, -0.05) is 62.4 Å². The van der Waals surface area contributed by atoms with E-state index >= 15 is 0 Å². The van der Waals surface area contributed by atoms with E-state index in [1.165, 1.54) is 0 Å². The first kappa shape index (κ1) is 26.2. The fraction of sp³-hybridized carbons (Fsp3) is 0.267. The Morgan fingerprint density at radius 3 is 1.14 bits per heavy atom. The lowest BCUT2D eigenvalue weighted by atomic mass is 9.99. The summed E-state index contributed by atoms with van der Waals surface area (Å²) in [5.41, 5.74) is 4.80. The summed E-state index contributed by atoms with van der Waals surface area (Å²) in [5.74, 6) is -1.46. The first-order chi connectivity index (χ1) is 17.5. The van der Waals surface area contributed by atoms with Crippen LogP contribution in [0, 0.1) is 34.5 Å². The second kappa shape index (κ2) is 12.9. The monoisotopic (exact) mass is 480 g/mol.